The van der Waals surface area contributed by atoms with Crippen molar-refractivity contribution in [3.63, 3.8) is 0 Å². The first-order valence-electron chi connectivity index (χ1n) is 2.67. The number of carbonyl (C=O) groups excluding carboxylic acids is 1. The predicted octanol–water partition coefficient (Wildman–Crippen LogP) is -0.297. The van der Waals surface area contributed by atoms with E-state index in [9.17, 15) is 4.79 Å². The fourth-order valence-electron chi connectivity index (χ4n) is 0.438. The van der Waals surface area contributed by atoms with Crippen molar-refractivity contribution in [1.82, 2.24) is 0 Å². The van der Waals surface area contributed by atoms with E-state index in [1.165, 1.54) is 13.3 Å². The normalized spacial score (nSPS) is 11.1. The van der Waals surface area contributed by atoms with Crippen molar-refractivity contribution < 1.29 is 9.53 Å². The molecule has 0 saturated heterocycles. The van der Waals surface area contributed by atoms with E-state index in [0.29, 0.717) is 5.57 Å². The minimum absolute atomic E-state index is 0.175. The first-order valence-corrected chi connectivity index (χ1v) is 2.67. The second kappa shape index (κ2) is 4.69. The molecule has 0 rings (SSSR count). The zero-order valence-corrected chi connectivity index (χ0v) is 5.83. The summed E-state index contributed by atoms with van der Waals surface area (Å²) in [6.07, 6.45) is 1.17. The van der Waals surface area contributed by atoms with Gasteiger partial charge in [-0.05, 0) is 6.72 Å². The van der Waals surface area contributed by atoms with Crippen molar-refractivity contribution in [2.75, 3.05) is 13.7 Å². The second-order valence-electron chi connectivity index (χ2n) is 1.59. The third kappa shape index (κ3) is 2.41. The lowest BCUT2D eigenvalue weighted by Gasteiger charge is -1.97. The van der Waals surface area contributed by atoms with E-state index in [2.05, 4.69) is 16.4 Å². The summed E-state index contributed by atoms with van der Waals surface area (Å²) in [4.78, 5) is 13.8. The molecule has 0 saturated carbocycles. The van der Waals surface area contributed by atoms with Crippen LogP contribution in [0, 0.1) is 0 Å². The molecule has 56 valence electrons. The average molecular weight is 142 g/mol. The molecule has 10 heavy (non-hydrogen) atoms. The highest BCUT2D eigenvalue weighted by Gasteiger charge is 2.03. The van der Waals surface area contributed by atoms with Crippen molar-refractivity contribution >= 4 is 12.6 Å². The molecule has 0 aromatic rings. The molecule has 0 aromatic heterocycles. The lowest BCUT2D eigenvalue weighted by Crippen LogP contribution is -2.07. The zero-order valence-electron chi connectivity index (χ0n) is 5.83. The molecule has 0 heterocycles. The van der Waals surface area contributed by atoms with Gasteiger partial charge in [0.25, 0.3) is 5.91 Å². The fourth-order valence-corrected chi connectivity index (χ4v) is 0.438. The highest BCUT2D eigenvalue weighted by molar-refractivity contribution is 5.96. The number of rotatable bonds is 3. The van der Waals surface area contributed by atoms with Crippen LogP contribution >= 0.6 is 0 Å². The van der Waals surface area contributed by atoms with Gasteiger partial charge in [0.1, 0.15) is 0 Å². The third-order valence-corrected chi connectivity index (χ3v) is 0.919. The van der Waals surface area contributed by atoms with Gasteiger partial charge in [-0.1, -0.05) is 0 Å². The van der Waals surface area contributed by atoms with Gasteiger partial charge >= 0.3 is 0 Å². The van der Waals surface area contributed by atoms with E-state index in [1.807, 2.05) is 0 Å². The van der Waals surface area contributed by atoms with E-state index in [4.69, 9.17) is 5.73 Å². The molecule has 0 aliphatic rings. The van der Waals surface area contributed by atoms with Crippen molar-refractivity contribution in [3.8, 4) is 0 Å². The van der Waals surface area contributed by atoms with E-state index < -0.39 is 5.91 Å². The molecule has 0 fully saturated rings. The number of aliphatic imine (C=N–C) groups is 1. The van der Waals surface area contributed by atoms with Crippen LogP contribution < -0.4 is 5.73 Å². The van der Waals surface area contributed by atoms with Crippen LogP contribution in [0.4, 0.5) is 0 Å². The van der Waals surface area contributed by atoms with Gasteiger partial charge < -0.3 is 10.5 Å². The van der Waals surface area contributed by atoms with Crippen LogP contribution in [0.2, 0.25) is 0 Å². The standard InChI is InChI=1S/C6H10N2O2/c1-8-6(9)5(3-7)4-10-2/h3H,1,4,7H2,2H3/b5-3-. The van der Waals surface area contributed by atoms with Crippen molar-refractivity contribution in [3.05, 3.63) is 11.8 Å². The Labute approximate surface area is 59.4 Å². The largest absolute Gasteiger partial charge is 0.404 e. The van der Waals surface area contributed by atoms with Crippen LogP contribution in [0.15, 0.2) is 16.8 Å². The number of hydrogen-bond acceptors (Lipinski definition) is 3. The second-order valence-corrected chi connectivity index (χ2v) is 1.59. The van der Waals surface area contributed by atoms with Crippen molar-refractivity contribution in [2.24, 2.45) is 10.7 Å². The van der Waals surface area contributed by atoms with Gasteiger partial charge in [0.2, 0.25) is 0 Å². The Hall–Kier alpha value is -1.16. The minimum Gasteiger partial charge on any atom is -0.404 e. The fraction of sp³-hybridized carbons (Fsp3) is 0.333. The van der Waals surface area contributed by atoms with Crippen molar-refractivity contribution in [2.45, 2.75) is 0 Å². The molecule has 0 atom stereocenters. The molecule has 0 aliphatic carbocycles. The van der Waals surface area contributed by atoms with Gasteiger partial charge in [-0.2, -0.15) is 0 Å². The molecule has 2 N–H and O–H groups in total. The number of ether oxygens (including phenoxy) is 1. The van der Waals surface area contributed by atoms with Gasteiger partial charge in [-0.25, -0.2) is 4.99 Å². The average Bonchev–Trinajstić information content (AvgIpc) is 1.99. The van der Waals surface area contributed by atoms with Gasteiger partial charge in [0.05, 0.1) is 12.2 Å². The maximum absolute atomic E-state index is 10.7. The van der Waals surface area contributed by atoms with Crippen LogP contribution in [0.25, 0.3) is 0 Å². The Morgan fingerprint density at radius 2 is 2.50 bits per heavy atom. The van der Waals surface area contributed by atoms with Gasteiger partial charge in [-0.3, -0.25) is 4.79 Å². The van der Waals surface area contributed by atoms with Crippen LogP contribution in [0.1, 0.15) is 0 Å². The molecule has 1 amide bonds. The molecule has 0 bridgehead atoms. The summed E-state index contributed by atoms with van der Waals surface area (Å²) in [6, 6.07) is 0. The van der Waals surface area contributed by atoms with E-state index >= 15 is 0 Å². The molecule has 0 aromatic carbocycles. The molecular weight excluding hydrogens is 132 g/mol. The first-order chi connectivity index (χ1) is 4.76. The Morgan fingerprint density at radius 3 is 2.80 bits per heavy atom. The number of carbonyl (C=O) groups is 1. The Balaban J connectivity index is 4.08. The molecule has 0 unspecified atom stereocenters. The first kappa shape index (κ1) is 8.84. The Kier molecular flexibility index (Phi) is 4.15. The summed E-state index contributed by atoms with van der Waals surface area (Å²) in [6.45, 7) is 3.24. The summed E-state index contributed by atoms with van der Waals surface area (Å²) >= 11 is 0. The summed E-state index contributed by atoms with van der Waals surface area (Å²) in [5, 5.41) is 0. The number of methoxy groups -OCH3 is 1. The summed E-state index contributed by atoms with van der Waals surface area (Å²) in [5.41, 5.74) is 5.40. The lowest BCUT2D eigenvalue weighted by molar-refractivity contribution is -0.114. The van der Waals surface area contributed by atoms with Crippen LogP contribution in [0.3, 0.4) is 0 Å². The van der Waals surface area contributed by atoms with E-state index in [-0.39, 0.29) is 6.61 Å². The molecule has 0 spiro atoms. The predicted molar refractivity (Wildman–Crippen MR) is 38.7 cm³/mol. The smallest absolute Gasteiger partial charge is 0.276 e. The van der Waals surface area contributed by atoms with E-state index in [1.54, 1.807) is 0 Å². The van der Waals surface area contributed by atoms with Crippen molar-refractivity contribution in [1.29, 1.82) is 0 Å². The van der Waals surface area contributed by atoms with Crippen LogP contribution in [-0.2, 0) is 9.53 Å². The SMILES string of the molecule is C=NC(=O)/C(=C\N)COC. The number of nitrogens with two attached hydrogens (primary N) is 1. The summed E-state index contributed by atoms with van der Waals surface area (Å²) < 4.78 is 4.66. The highest BCUT2D eigenvalue weighted by atomic mass is 16.5. The summed E-state index contributed by atoms with van der Waals surface area (Å²) in [7, 11) is 1.47. The number of hydrogen-bond donors (Lipinski definition) is 1. The van der Waals surface area contributed by atoms with Gasteiger partial charge in [-0.15, -0.1) is 0 Å². The topological polar surface area (TPSA) is 64.7 Å². The molecule has 0 radical (unpaired) electrons. The Morgan fingerprint density at radius 1 is 1.90 bits per heavy atom. The Bertz CT molecular complexity index is 163. The van der Waals surface area contributed by atoms with Crippen LogP contribution in [0.5, 0.6) is 0 Å². The monoisotopic (exact) mass is 142 g/mol. The van der Waals surface area contributed by atoms with Gasteiger partial charge in [0.15, 0.2) is 0 Å². The van der Waals surface area contributed by atoms with E-state index in [0.717, 1.165) is 0 Å². The summed E-state index contributed by atoms with van der Waals surface area (Å²) in [5.74, 6) is -0.440. The maximum atomic E-state index is 10.7. The number of amides is 1. The minimum atomic E-state index is -0.440. The molecular formula is C6H10N2O2. The van der Waals surface area contributed by atoms with Crippen LogP contribution in [-0.4, -0.2) is 26.3 Å². The maximum Gasteiger partial charge on any atom is 0.276 e. The quantitative estimate of drug-likeness (QED) is 0.434. The lowest BCUT2D eigenvalue weighted by atomic mass is 10.3. The number of nitrogens with zero attached hydrogens (tertiary/aromatic N) is 1. The zero-order chi connectivity index (χ0) is 7.98. The molecule has 4 heteroatoms. The molecule has 0 aliphatic heterocycles. The van der Waals surface area contributed by atoms with Gasteiger partial charge in [0, 0.05) is 13.3 Å². The third-order valence-electron chi connectivity index (χ3n) is 0.919. The highest BCUT2D eigenvalue weighted by Crippen LogP contribution is 1.94. The molecule has 4 nitrogen and oxygen atoms in total.